The van der Waals surface area contributed by atoms with Crippen LogP contribution < -0.4 is 10.2 Å². The second kappa shape index (κ2) is 8.41. The van der Waals surface area contributed by atoms with E-state index < -0.39 is 0 Å². The number of benzene rings is 1. The second-order valence-corrected chi connectivity index (χ2v) is 7.47. The normalized spacial score (nSPS) is 11.2. The van der Waals surface area contributed by atoms with Crippen molar-refractivity contribution in [2.24, 2.45) is 0 Å². The summed E-state index contributed by atoms with van der Waals surface area (Å²) < 4.78 is 7.33. The third kappa shape index (κ3) is 3.91. The molecule has 0 spiro atoms. The maximum absolute atomic E-state index is 13.1. The number of nitrogens with one attached hydrogen (secondary N) is 1. The van der Waals surface area contributed by atoms with E-state index in [1.807, 2.05) is 62.0 Å². The minimum Gasteiger partial charge on any atom is -0.463 e. The van der Waals surface area contributed by atoms with E-state index in [2.05, 4.69) is 15.3 Å². The van der Waals surface area contributed by atoms with Gasteiger partial charge in [-0.3, -0.25) is 4.79 Å². The van der Waals surface area contributed by atoms with Gasteiger partial charge < -0.3 is 14.6 Å². The van der Waals surface area contributed by atoms with Crippen molar-refractivity contribution in [2.45, 2.75) is 19.9 Å². The van der Waals surface area contributed by atoms with Crippen LogP contribution in [0.15, 0.2) is 65.4 Å². The van der Waals surface area contributed by atoms with Crippen LogP contribution in [0.2, 0.25) is 0 Å². The third-order valence-electron chi connectivity index (χ3n) is 5.00. The summed E-state index contributed by atoms with van der Waals surface area (Å²) in [6.07, 6.45) is 3.30. The lowest BCUT2D eigenvalue weighted by atomic mass is 10.1. The van der Waals surface area contributed by atoms with E-state index in [-0.39, 0.29) is 11.9 Å². The van der Waals surface area contributed by atoms with E-state index in [1.54, 1.807) is 24.6 Å². The van der Waals surface area contributed by atoms with Gasteiger partial charge in [0.15, 0.2) is 11.4 Å². The minimum absolute atomic E-state index is 0.122. The standard InChI is InChI=1S/C23H25N5O2/c1-16(2)28-22-19(15-25-28)18(14-20(26-22)21-10-7-13-30-21)23(29)24-11-12-27(3)17-8-5-4-6-9-17/h4-10,13-16H,11-12H2,1-3H3,(H,24,29). The van der Waals surface area contributed by atoms with E-state index in [0.29, 0.717) is 35.8 Å². The molecule has 3 aromatic heterocycles. The Morgan fingerprint density at radius 2 is 2.00 bits per heavy atom. The Bertz CT molecular complexity index is 1130. The zero-order valence-electron chi connectivity index (χ0n) is 17.4. The number of nitrogens with zero attached hydrogens (tertiary/aromatic N) is 4. The third-order valence-corrected chi connectivity index (χ3v) is 5.00. The Morgan fingerprint density at radius 1 is 1.20 bits per heavy atom. The predicted octanol–water partition coefficient (Wildman–Crippen LogP) is 4.14. The summed E-state index contributed by atoms with van der Waals surface area (Å²) in [4.78, 5) is 19.9. The molecular weight excluding hydrogens is 378 g/mol. The highest BCUT2D eigenvalue weighted by Crippen LogP contribution is 2.26. The van der Waals surface area contributed by atoms with Gasteiger partial charge in [0.25, 0.3) is 5.91 Å². The molecule has 0 aliphatic rings. The number of hydrogen-bond acceptors (Lipinski definition) is 5. The Labute approximate surface area is 175 Å². The molecule has 0 radical (unpaired) electrons. The first kappa shape index (κ1) is 19.7. The number of fused-ring (bicyclic) bond motifs is 1. The molecule has 1 amide bonds. The monoisotopic (exact) mass is 403 g/mol. The fraction of sp³-hybridized carbons (Fsp3) is 0.261. The van der Waals surface area contributed by atoms with Crippen molar-refractivity contribution in [2.75, 3.05) is 25.0 Å². The first-order valence-electron chi connectivity index (χ1n) is 10.0. The number of furan rings is 1. The molecule has 154 valence electrons. The number of para-hydroxylation sites is 1. The fourth-order valence-corrected chi connectivity index (χ4v) is 3.38. The van der Waals surface area contributed by atoms with Crippen molar-refractivity contribution < 1.29 is 9.21 Å². The molecule has 0 saturated carbocycles. The van der Waals surface area contributed by atoms with Gasteiger partial charge in [-0.25, -0.2) is 9.67 Å². The first-order valence-corrected chi connectivity index (χ1v) is 10.0. The van der Waals surface area contributed by atoms with Crippen LogP contribution in [0.1, 0.15) is 30.2 Å². The summed E-state index contributed by atoms with van der Waals surface area (Å²) in [5.74, 6) is 0.464. The van der Waals surface area contributed by atoms with Crippen LogP contribution >= 0.6 is 0 Å². The maximum atomic E-state index is 13.1. The lowest BCUT2D eigenvalue weighted by Crippen LogP contribution is -2.33. The zero-order valence-corrected chi connectivity index (χ0v) is 17.4. The number of likely N-dealkylation sites (N-methyl/N-ethyl adjacent to an activating group) is 1. The van der Waals surface area contributed by atoms with Gasteiger partial charge in [0.2, 0.25) is 0 Å². The highest BCUT2D eigenvalue weighted by molar-refractivity contribution is 6.06. The molecule has 3 heterocycles. The minimum atomic E-state index is -0.153. The Morgan fingerprint density at radius 3 is 2.70 bits per heavy atom. The van der Waals surface area contributed by atoms with Crippen LogP contribution in [0.5, 0.6) is 0 Å². The van der Waals surface area contributed by atoms with Crippen molar-refractivity contribution in [3.05, 3.63) is 66.6 Å². The molecule has 1 aromatic carbocycles. The molecule has 4 aromatic rings. The van der Waals surface area contributed by atoms with Crippen LogP contribution in [0, 0.1) is 0 Å². The molecule has 0 aliphatic heterocycles. The molecule has 7 nitrogen and oxygen atoms in total. The van der Waals surface area contributed by atoms with Crippen LogP contribution in [0.3, 0.4) is 0 Å². The number of carbonyl (C=O) groups is 1. The number of carbonyl (C=O) groups excluding carboxylic acids is 1. The van der Waals surface area contributed by atoms with Gasteiger partial charge in [-0.2, -0.15) is 5.10 Å². The SMILES string of the molecule is CC(C)n1ncc2c(C(=O)NCCN(C)c3ccccc3)cc(-c3ccco3)nc21. The number of pyridine rings is 1. The van der Waals surface area contributed by atoms with Gasteiger partial charge in [-0.15, -0.1) is 0 Å². The topological polar surface area (TPSA) is 76.2 Å². The Kier molecular flexibility index (Phi) is 5.52. The number of anilines is 1. The Balaban J connectivity index is 1.58. The van der Waals surface area contributed by atoms with Crippen LogP contribution in [-0.2, 0) is 0 Å². The van der Waals surface area contributed by atoms with E-state index >= 15 is 0 Å². The van der Waals surface area contributed by atoms with Gasteiger partial charge in [-0.05, 0) is 44.2 Å². The second-order valence-electron chi connectivity index (χ2n) is 7.47. The van der Waals surface area contributed by atoms with E-state index in [1.165, 1.54) is 0 Å². The van der Waals surface area contributed by atoms with E-state index in [9.17, 15) is 4.79 Å². The molecule has 0 fully saturated rings. The van der Waals surface area contributed by atoms with Gasteiger partial charge >= 0.3 is 0 Å². The van der Waals surface area contributed by atoms with Crippen molar-refractivity contribution in [1.29, 1.82) is 0 Å². The van der Waals surface area contributed by atoms with Gasteiger partial charge in [0.1, 0.15) is 5.69 Å². The molecule has 7 heteroatoms. The smallest absolute Gasteiger partial charge is 0.252 e. The lowest BCUT2D eigenvalue weighted by molar-refractivity contribution is 0.0956. The maximum Gasteiger partial charge on any atom is 0.252 e. The fourth-order valence-electron chi connectivity index (χ4n) is 3.38. The average Bonchev–Trinajstić information content (AvgIpc) is 3.43. The van der Waals surface area contributed by atoms with E-state index in [0.717, 1.165) is 11.1 Å². The molecule has 0 saturated heterocycles. The van der Waals surface area contributed by atoms with Crippen molar-refractivity contribution in [3.63, 3.8) is 0 Å². The molecule has 1 N–H and O–H groups in total. The largest absolute Gasteiger partial charge is 0.463 e. The molecule has 4 rings (SSSR count). The van der Waals surface area contributed by atoms with Gasteiger partial charge in [0, 0.05) is 31.9 Å². The molecule has 30 heavy (non-hydrogen) atoms. The summed E-state index contributed by atoms with van der Waals surface area (Å²) in [6, 6.07) is 15.6. The van der Waals surface area contributed by atoms with Crippen LogP contribution in [0.25, 0.3) is 22.5 Å². The highest BCUT2D eigenvalue weighted by Gasteiger charge is 2.19. The number of hydrogen-bond donors (Lipinski definition) is 1. The lowest BCUT2D eigenvalue weighted by Gasteiger charge is -2.19. The molecular formula is C23H25N5O2. The summed E-state index contributed by atoms with van der Waals surface area (Å²) in [5, 5.41) is 8.20. The van der Waals surface area contributed by atoms with Gasteiger partial charge in [-0.1, -0.05) is 18.2 Å². The number of amides is 1. The summed E-state index contributed by atoms with van der Waals surface area (Å²) in [6.45, 7) is 5.28. The van der Waals surface area contributed by atoms with Crippen LogP contribution in [-0.4, -0.2) is 40.8 Å². The number of rotatable bonds is 7. The van der Waals surface area contributed by atoms with Gasteiger partial charge in [0.05, 0.1) is 23.4 Å². The molecule has 0 atom stereocenters. The quantitative estimate of drug-likeness (QED) is 0.502. The molecule has 0 aliphatic carbocycles. The number of aromatic nitrogens is 3. The Hall–Kier alpha value is -3.61. The summed E-state index contributed by atoms with van der Waals surface area (Å²) in [7, 11) is 2.01. The van der Waals surface area contributed by atoms with Crippen LogP contribution in [0.4, 0.5) is 5.69 Å². The van der Waals surface area contributed by atoms with E-state index in [4.69, 9.17) is 9.40 Å². The first-order chi connectivity index (χ1) is 14.5. The molecule has 0 unspecified atom stereocenters. The highest BCUT2D eigenvalue weighted by atomic mass is 16.3. The summed E-state index contributed by atoms with van der Waals surface area (Å²) in [5.41, 5.74) is 2.93. The van der Waals surface area contributed by atoms with Crippen molar-refractivity contribution in [1.82, 2.24) is 20.1 Å². The van der Waals surface area contributed by atoms with Crippen molar-refractivity contribution >= 4 is 22.6 Å². The zero-order chi connectivity index (χ0) is 21.1. The predicted molar refractivity (Wildman–Crippen MR) is 118 cm³/mol. The van der Waals surface area contributed by atoms with Crippen molar-refractivity contribution in [3.8, 4) is 11.5 Å². The molecule has 0 bridgehead atoms. The summed E-state index contributed by atoms with van der Waals surface area (Å²) >= 11 is 0. The average molecular weight is 403 g/mol.